The lowest BCUT2D eigenvalue weighted by atomic mass is 10.2. The molecule has 19 heavy (non-hydrogen) atoms. The zero-order valence-electron chi connectivity index (χ0n) is 11.9. The molecule has 0 aliphatic carbocycles. The number of rotatable bonds is 5. The van der Waals surface area contributed by atoms with Gasteiger partial charge in [0, 0.05) is 18.2 Å². The smallest absolute Gasteiger partial charge is 0.289 e. The van der Waals surface area contributed by atoms with E-state index in [1.54, 1.807) is 10.8 Å². The Bertz CT molecular complexity index is 448. The summed E-state index contributed by atoms with van der Waals surface area (Å²) in [6.45, 7) is 8.33. The highest BCUT2D eigenvalue weighted by molar-refractivity contribution is 5.78. The molecule has 0 bridgehead atoms. The Morgan fingerprint density at radius 2 is 2.05 bits per heavy atom. The van der Waals surface area contributed by atoms with Crippen molar-refractivity contribution in [3.8, 4) is 0 Å². The second kappa shape index (κ2) is 6.87. The van der Waals surface area contributed by atoms with Gasteiger partial charge >= 0.3 is 0 Å². The lowest BCUT2D eigenvalue weighted by molar-refractivity contribution is -0.685. The molecule has 104 valence electrons. The Morgan fingerprint density at radius 3 is 2.58 bits per heavy atom. The van der Waals surface area contributed by atoms with Crippen LogP contribution in [0.5, 0.6) is 0 Å². The Kier molecular flexibility index (Phi) is 5.48. The number of pyridine rings is 1. The molecule has 0 spiro atoms. The van der Waals surface area contributed by atoms with E-state index in [-0.39, 0.29) is 24.5 Å². The third-order valence-corrected chi connectivity index (χ3v) is 2.81. The second-order valence-corrected chi connectivity index (χ2v) is 5.04. The van der Waals surface area contributed by atoms with Gasteiger partial charge in [-0.1, -0.05) is 5.16 Å². The predicted molar refractivity (Wildman–Crippen MR) is 73.1 cm³/mol. The first kappa shape index (κ1) is 15.1. The fraction of sp³-hybridized carbons (Fsp3) is 0.500. The summed E-state index contributed by atoms with van der Waals surface area (Å²) in [4.78, 5) is 14.1. The molecule has 1 aromatic heterocycles. The number of amides is 1. The van der Waals surface area contributed by atoms with Gasteiger partial charge in [-0.2, -0.15) is 4.57 Å². The van der Waals surface area contributed by atoms with Gasteiger partial charge < -0.3 is 10.1 Å². The van der Waals surface area contributed by atoms with E-state index >= 15 is 0 Å². The summed E-state index contributed by atoms with van der Waals surface area (Å²) < 4.78 is 1.79. The molecule has 1 amide bonds. The van der Waals surface area contributed by atoms with E-state index in [1.807, 2.05) is 50.9 Å². The van der Waals surface area contributed by atoms with Gasteiger partial charge in [-0.05, 0) is 33.8 Å². The summed E-state index contributed by atoms with van der Waals surface area (Å²) >= 11 is 0. The molecule has 0 fully saturated rings. The van der Waals surface area contributed by atoms with Crippen LogP contribution in [0.3, 0.4) is 0 Å². The molecule has 1 rings (SSSR count). The van der Waals surface area contributed by atoms with Crippen LogP contribution < -0.4 is 4.57 Å². The van der Waals surface area contributed by atoms with Gasteiger partial charge in [0.2, 0.25) is 6.54 Å². The number of oxime groups is 1. The van der Waals surface area contributed by atoms with E-state index in [1.165, 1.54) is 6.21 Å². The average molecular weight is 264 g/mol. The average Bonchev–Trinajstić information content (AvgIpc) is 2.28. The molecule has 5 nitrogen and oxygen atoms in total. The first-order valence-corrected chi connectivity index (χ1v) is 6.43. The Morgan fingerprint density at radius 1 is 1.42 bits per heavy atom. The van der Waals surface area contributed by atoms with Gasteiger partial charge in [0.05, 0.1) is 11.8 Å². The standard InChI is InChI=1S/C14H21N3O2/c1-11(2)17(12(3)4)14(18)10-16-7-5-6-13(9-16)8-15-19/h5-9,11-12H,10H2,1-4H3/p+1/b15-8-. The van der Waals surface area contributed by atoms with Gasteiger partial charge in [-0.15, -0.1) is 0 Å². The fourth-order valence-electron chi connectivity index (χ4n) is 2.19. The van der Waals surface area contributed by atoms with E-state index in [0.29, 0.717) is 0 Å². The molecule has 1 heterocycles. The van der Waals surface area contributed by atoms with Crippen molar-refractivity contribution in [2.75, 3.05) is 0 Å². The van der Waals surface area contributed by atoms with Crippen LogP contribution >= 0.6 is 0 Å². The summed E-state index contributed by atoms with van der Waals surface area (Å²) in [7, 11) is 0. The first-order chi connectivity index (χ1) is 8.95. The minimum atomic E-state index is 0.0769. The van der Waals surface area contributed by atoms with Crippen LogP contribution in [-0.4, -0.2) is 34.3 Å². The largest absolute Gasteiger partial charge is 0.411 e. The first-order valence-electron chi connectivity index (χ1n) is 6.43. The lowest BCUT2D eigenvalue weighted by Crippen LogP contribution is -2.49. The van der Waals surface area contributed by atoms with Gasteiger partial charge in [-0.25, -0.2) is 0 Å². The number of nitrogens with zero attached hydrogens (tertiary/aromatic N) is 3. The summed E-state index contributed by atoms with van der Waals surface area (Å²) in [5, 5.41) is 11.5. The molecule has 0 unspecified atom stereocenters. The Labute approximate surface area is 114 Å². The topological polar surface area (TPSA) is 56.8 Å². The minimum absolute atomic E-state index is 0.0769. The van der Waals surface area contributed by atoms with Crippen LogP contribution in [0.4, 0.5) is 0 Å². The molecule has 1 N–H and O–H groups in total. The maximum Gasteiger partial charge on any atom is 0.289 e. The maximum atomic E-state index is 12.3. The number of carbonyl (C=O) groups excluding carboxylic acids is 1. The normalized spacial score (nSPS) is 11.5. The molecule has 5 heteroatoms. The van der Waals surface area contributed by atoms with Gasteiger partial charge in [0.15, 0.2) is 12.4 Å². The SMILES string of the molecule is CC(C)N(C(=O)C[n+]1cccc(/C=N\O)c1)C(C)C. The van der Waals surface area contributed by atoms with Crippen LogP contribution in [0, 0.1) is 0 Å². The van der Waals surface area contributed by atoms with E-state index < -0.39 is 0 Å². The van der Waals surface area contributed by atoms with E-state index in [9.17, 15) is 4.79 Å². The monoisotopic (exact) mass is 264 g/mol. The number of aromatic nitrogens is 1. The zero-order valence-corrected chi connectivity index (χ0v) is 11.9. The van der Waals surface area contributed by atoms with Crippen LogP contribution in [0.25, 0.3) is 0 Å². The molecular weight excluding hydrogens is 242 g/mol. The van der Waals surface area contributed by atoms with E-state index in [4.69, 9.17) is 5.21 Å². The third-order valence-electron chi connectivity index (χ3n) is 2.81. The molecule has 0 radical (unpaired) electrons. The summed E-state index contributed by atoms with van der Waals surface area (Å²) in [6, 6.07) is 3.98. The van der Waals surface area contributed by atoms with Crippen LogP contribution in [0.1, 0.15) is 33.3 Å². The Hall–Kier alpha value is -1.91. The Balaban J connectivity index is 2.83. The maximum absolute atomic E-state index is 12.3. The van der Waals surface area contributed by atoms with Gasteiger partial charge in [0.25, 0.3) is 5.91 Å². The summed E-state index contributed by atoms with van der Waals surface area (Å²) in [5.41, 5.74) is 0.749. The van der Waals surface area contributed by atoms with Crippen molar-refractivity contribution in [1.82, 2.24) is 4.90 Å². The third kappa shape index (κ3) is 4.35. The minimum Gasteiger partial charge on any atom is -0.411 e. The highest BCUT2D eigenvalue weighted by Gasteiger charge is 2.23. The van der Waals surface area contributed by atoms with Crippen molar-refractivity contribution in [3.05, 3.63) is 30.1 Å². The van der Waals surface area contributed by atoms with Crippen molar-refractivity contribution >= 4 is 12.1 Å². The van der Waals surface area contributed by atoms with Gasteiger partial charge in [0.1, 0.15) is 0 Å². The number of carbonyl (C=O) groups is 1. The molecule has 0 aromatic carbocycles. The van der Waals surface area contributed by atoms with Crippen LogP contribution in [0.15, 0.2) is 29.7 Å². The summed E-state index contributed by atoms with van der Waals surface area (Å²) in [6.07, 6.45) is 4.94. The molecule has 0 aliphatic heterocycles. The van der Waals surface area contributed by atoms with Crippen molar-refractivity contribution in [1.29, 1.82) is 0 Å². The molecule has 0 atom stereocenters. The van der Waals surface area contributed by atoms with Crippen molar-refractivity contribution in [3.63, 3.8) is 0 Å². The highest BCUT2D eigenvalue weighted by atomic mass is 16.4. The van der Waals surface area contributed by atoms with Gasteiger partial charge in [-0.3, -0.25) is 4.79 Å². The summed E-state index contributed by atoms with van der Waals surface area (Å²) in [5.74, 6) is 0.0769. The zero-order chi connectivity index (χ0) is 14.4. The van der Waals surface area contributed by atoms with E-state index in [0.717, 1.165) is 5.56 Å². The highest BCUT2D eigenvalue weighted by Crippen LogP contribution is 2.05. The number of hydrogen-bond acceptors (Lipinski definition) is 3. The predicted octanol–water partition coefficient (Wildman–Crippen LogP) is 1.43. The fourth-order valence-corrected chi connectivity index (χ4v) is 2.19. The molecular formula is C14H22N3O2+. The lowest BCUT2D eigenvalue weighted by Gasteiger charge is -2.29. The number of hydrogen-bond donors (Lipinski definition) is 1. The van der Waals surface area contributed by atoms with Crippen LogP contribution in [-0.2, 0) is 11.3 Å². The second-order valence-electron chi connectivity index (χ2n) is 5.04. The van der Waals surface area contributed by atoms with Crippen molar-refractivity contribution in [2.24, 2.45) is 5.16 Å². The van der Waals surface area contributed by atoms with E-state index in [2.05, 4.69) is 5.16 Å². The quantitative estimate of drug-likeness (QED) is 0.378. The van der Waals surface area contributed by atoms with Crippen molar-refractivity contribution < 1.29 is 14.6 Å². The van der Waals surface area contributed by atoms with Crippen LogP contribution in [0.2, 0.25) is 0 Å². The molecule has 0 aliphatic rings. The molecule has 1 aromatic rings. The molecule has 0 saturated carbocycles. The molecule has 0 saturated heterocycles. The van der Waals surface area contributed by atoms with Crippen molar-refractivity contribution in [2.45, 2.75) is 46.3 Å².